The highest BCUT2D eigenvalue weighted by molar-refractivity contribution is 5.83. The Morgan fingerprint density at radius 1 is 1.28 bits per heavy atom. The van der Waals surface area contributed by atoms with Gasteiger partial charge in [0.15, 0.2) is 0 Å². The lowest BCUT2D eigenvalue weighted by molar-refractivity contribution is 0.312. The number of aromatic nitrogens is 3. The number of nitrogens with two attached hydrogens (primary N) is 1. The SMILES string of the molecule is CC(C)(N)c1nc(-c2ccc3[nH]ccc3c2)no1. The highest BCUT2D eigenvalue weighted by atomic mass is 16.5. The minimum Gasteiger partial charge on any atom is -0.361 e. The number of hydrogen-bond donors (Lipinski definition) is 2. The van der Waals surface area contributed by atoms with Crippen molar-refractivity contribution in [3.63, 3.8) is 0 Å². The molecule has 2 heterocycles. The smallest absolute Gasteiger partial charge is 0.246 e. The molecule has 0 unspecified atom stereocenters. The van der Waals surface area contributed by atoms with Crippen LogP contribution in [0.15, 0.2) is 35.0 Å². The Morgan fingerprint density at radius 3 is 2.83 bits per heavy atom. The third-order valence-electron chi connectivity index (χ3n) is 2.79. The van der Waals surface area contributed by atoms with Crippen LogP contribution in [-0.4, -0.2) is 15.1 Å². The zero-order valence-corrected chi connectivity index (χ0v) is 10.3. The molecule has 0 spiro atoms. The first-order valence-corrected chi connectivity index (χ1v) is 5.74. The van der Waals surface area contributed by atoms with Gasteiger partial charge in [0.05, 0.1) is 5.54 Å². The molecule has 3 aromatic rings. The van der Waals surface area contributed by atoms with Crippen molar-refractivity contribution in [3.05, 3.63) is 36.4 Å². The highest BCUT2D eigenvalue weighted by Crippen LogP contribution is 2.23. The summed E-state index contributed by atoms with van der Waals surface area (Å²) < 4.78 is 5.18. The summed E-state index contributed by atoms with van der Waals surface area (Å²) in [5.41, 5.74) is 7.30. The molecule has 0 amide bonds. The van der Waals surface area contributed by atoms with Crippen molar-refractivity contribution in [2.24, 2.45) is 5.73 Å². The maximum atomic E-state index is 5.92. The van der Waals surface area contributed by atoms with E-state index in [1.165, 1.54) is 0 Å². The van der Waals surface area contributed by atoms with Gasteiger partial charge in [-0.25, -0.2) is 0 Å². The van der Waals surface area contributed by atoms with Crippen molar-refractivity contribution in [1.29, 1.82) is 0 Å². The van der Waals surface area contributed by atoms with Crippen molar-refractivity contribution < 1.29 is 4.52 Å². The summed E-state index contributed by atoms with van der Waals surface area (Å²) in [5.74, 6) is 0.998. The second-order valence-corrected chi connectivity index (χ2v) is 4.92. The van der Waals surface area contributed by atoms with Crippen LogP contribution in [-0.2, 0) is 5.54 Å². The Hall–Kier alpha value is -2.14. The Morgan fingerprint density at radius 2 is 2.11 bits per heavy atom. The number of benzene rings is 1. The van der Waals surface area contributed by atoms with Gasteiger partial charge in [-0.2, -0.15) is 4.98 Å². The van der Waals surface area contributed by atoms with E-state index in [1.807, 2.05) is 44.3 Å². The third-order valence-corrected chi connectivity index (χ3v) is 2.79. The van der Waals surface area contributed by atoms with Crippen LogP contribution in [0.1, 0.15) is 19.7 Å². The van der Waals surface area contributed by atoms with Crippen LogP contribution in [0.2, 0.25) is 0 Å². The van der Waals surface area contributed by atoms with Gasteiger partial charge in [-0.05, 0) is 38.1 Å². The van der Waals surface area contributed by atoms with Crippen molar-refractivity contribution in [2.45, 2.75) is 19.4 Å². The van der Waals surface area contributed by atoms with Crippen LogP contribution < -0.4 is 5.73 Å². The summed E-state index contributed by atoms with van der Waals surface area (Å²) >= 11 is 0. The van der Waals surface area contributed by atoms with Crippen LogP contribution in [0, 0.1) is 0 Å². The molecule has 0 aliphatic carbocycles. The van der Waals surface area contributed by atoms with Gasteiger partial charge in [0.1, 0.15) is 0 Å². The van der Waals surface area contributed by atoms with E-state index in [4.69, 9.17) is 10.3 Å². The first-order chi connectivity index (χ1) is 8.54. The van der Waals surface area contributed by atoms with Gasteiger partial charge in [0.2, 0.25) is 11.7 Å². The van der Waals surface area contributed by atoms with Gasteiger partial charge in [0.25, 0.3) is 0 Å². The molecule has 0 fully saturated rings. The average Bonchev–Trinajstić information content (AvgIpc) is 2.96. The molecule has 1 aromatic carbocycles. The number of aromatic amines is 1. The summed E-state index contributed by atoms with van der Waals surface area (Å²) in [7, 11) is 0. The average molecular weight is 242 g/mol. The lowest BCUT2D eigenvalue weighted by atomic mass is 10.1. The predicted octanol–water partition coefficient (Wildman–Crippen LogP) is 2.41. The standard InChI is InChI=1S/C13H14N4O/c1-13(2,14)12-16-11(17-18-12)9-3-4-10-8(7-9)5-6-15-10/h3-7,15H,14H2,1-2H3. The van der Waals surface area contributed by atoms with E-state index in [1.54, 1.807) is 0 Å². The number of nitrogens with one attached hydrogen (secondary N) is 1. The van der Waals surface area contributed by atoms with Crippen LogP contribution in [0.4, 0.5) is 0 Å². The molecule has 0 aliphatic heterocycles. The summed E-state index contributed by atoms with van der Waals surface area (Å²) in [6.07, 6.45) is 1.90. The van der Waals surface area contributed by atoms with Gasteiger partial charge in [-0.15, -0.1) is 0 Å². The van der Waals surface area contributed by atoms with Crippen molar-refractivity contribution in [1.82, 2.24) is 15.1 Å². The summed E-state index contributed by atoms with van der Waals surface area (Å²) in [5, 5.41) is 5.08. The topological polar surface area (TPSA) is 80.7 Å². The third kappa shape index (κ3) is 1.78. The van der Waals surface area contributed by atoms with E-state index in [-0.39, 0.29) is 0 Å². The van der Waals surface area contributed by atoms with Gasteiger partial charge in [-0.1, -0.05) is 5.16 Å². The van der Waals surface area contributed by atoms with E-state index in [0.29, 0.717) is 11.7 Å². The molecule has 18 heavy (non-hydrogen) atoms. The summed E-state index contributed by atoms with van der Waals surface area (Å²) in [4.78, 5) is 7.47. The molecule has 5 heteroatoms. The molecular weight excluding hydrogens is 228 g/mol. The molecule has 0 saturated carbocycles. The monoisotopic (exact) mass is 242 g/mol. The minimum absolute atomic E-state index is 0.437. The fraction of sp³-hybridized carbons (Fsp3) is 0.231. The van der Waals surface area contributed by atoms with E-state index in [2.05, 4.69) is 15.1 Å². The van der Waals surface area contributed by atoms with Gasteiger partial charge in [-0.3, -0.25) is 0 Å². The van der Waals surface area contributed by atoms with Crippen LogP contribution >= 0.6 is 0 Å². The fourth-order valence-corrected chi connectivity index (χ4v) is 1.79. The molecule has 0 atom stereocenters. The first kappa shape index (κ1) is 11.0. The quantitative estimate of drug-likeness (QED) is 0.723. The predicted molar refractivity (Wildman–Crippen MR) is 68.8 cm³/mol. The molecule has 5 nitrogen and oxygen atoms in total. The summed E-state index contributed by atoms with van der Waals surface area (Å²) in [6.45, 7) is 3.67. The Bertz CT molecular complexity index is 690. The molecule has 3 rings (SSSR count). The van der Waals surface area contributed by atoms with Crippen LogP contribution in [0.3, 0.4) is 0 Å². The molecule has 3 N–H and O–H groups in total. The van der Waals surface area contributed by atoms with Crippen molar-refractivity contribution in [3.8, 4) is 11.4 Å². The maximum Gasteiger partial charge on any atom is 0.246 e. The zero-order valence-electron chi connectivity index (χ0n) is 10.3. The van der Waals surface area contributed by atoms with Crippen molar-refractivity contribution >= 4 is 10.9 Å². The molecule has 0 bridgehead atoms. The molecule has 0 saturated heterocycles. The second-order valence-electron chi connectivity index (χ2n) is 4.92. The molecular formula is C13H14N4O. The zero-order chi connectivity index (χ0) is 12.8. The molecule has 0 aliphatic rings. The van der Waals surface area contributed by atoms with Crippen molar-refractivity contribution in [2.75, 3.05) is 0 Å². The van der Waals surface area contributed by atoms with E-state index >= 15 is 0 Å². The molecule has 2 aromatic heterocycles. The van der Waals surface area contributed by atoms with E-state index in [9.17, 15) is 0 Å². The van der Waals surface area contributed by atoms with Crippen LogP contribution in [0.5, 0.6) is 0 Å². The Balaban J connectivity index is 2.06. The second kappa shape index (κ2) is 3.68. The molecule has 0 radical (unpaired) electrons. The number of nitrogens with zero attached hydrogens (tertiary/aromatic N) is 2. The number of rotatable bonds is 2. The largest absolute Gasteiger partial charge is 0.361 e. The Kier molecular flexibility index (Phi) is 2.24. The normalized spacial score (nSPS) is 12.2. The number of H-pyrrole nitrogens is 1. The number of fused-ring (bicyclic) bond motifs is 1. The molecule has 92 valence electrons. The van der Waals surface area contributed by atoms with E-state index < -0.39 is 5.54 Å². The summed E-state index contributed by atoms with van der Waals surface area (Å²) in [6, 6.07) is 7.97. The fourth-order valence-electron chi connectivity index (χ4n) is 1.79. The van der Waals surface area contributed by atoms with Gasteiger partial charge >= 0.3 is 0 Å². The van der Waals surface area contributed by atoms with Crippen LogP contribution in [0.25, 0.3) is 22.3 Å². The Labute approximate surface area is 104 Å². The van der Waals surface area contributed by atoms with E-state index in [0.717, 1.165) is 16.5 Å². The maximum absolute atomic E-state index is 5.92. The first-order valence-electron chi connectivity index (χ1n) is 5.74. The lowest BCUT2D eigenvalue weighted by Gasteiger charge is -2.10. The number of hydrogen-bond acceptors (Lipinski definition) is 4. The lowest BCUT2D eigenvalue weighted by Crippen LogP contribution is -2.28. The van der Waals surface area contributed by atoms with Gasteiger partial charge in [0, 0.05) is 22.7 Å². The highest BCUT2D eigenvalue weighted by Gasteiger charge is 2.22. The minimum atomic E-state index is -0.622. The van der Waals surface area contributed by atoms with Gasteiger partial charge < -0.3 is 15.2 Å².